The summed E-state index contributed by atoms with van der Waals surface area (Å²) in [5.41, 5.74) is 0.549. The van der Waals surface area contributed by atoms with Crippen molar-refractivity contribution in [1.29, 1.82) is 0 Å². The number of rotatable bonds is 5. The van der Waals surface area contributed by atoms with E-state index in [1.54, 1.807) is 6.92 Å². The Bertz CT molecular complexity index is 390. The number of aliphatic carboxylic acids is 1. The van der Waals surface area contributed by atoms with Gasteiger partial charge in [0.15, 0.2) is 0 Å². The molecule has 1 rings (SSSR count). The Morgan fingerprint density at radius 2 is 1.83 bits per heavy atom. The fraction of sp³-hybridized carbons (Fsp3) is 0.583. The molecule has 6 nitrogen and oxygen atoms in total. The number of piperazine rings is 1. The Hall–Kier alpha value is -1.85. The van der Waals surface area contributed by atoms with Crippen LogP contribution in [0.25, 0.3) is 0 Å². The topological polar surface area (TPSA) is 77.9 Å². The number of hydrogen-bond acceptors (Lipinski definition) is 3. The van der Waals surface area contributed by atoms with Crippen molar-refractivity contribution < 1.29 is 19.5 Å². The van der Waals surface area contributed by atoms with E-state index in [0.717, 1.165) is 12.5 Å². The first-order valence-electron chi connectivity index (χ1n) is 5.89. The molecule has 1 saturated heterocycles. The van der Waals surface area contributed by atoms with Gasteiger partial charge in [0, 0.05) is 19.2 Å². The largest absolute Gasteiger partial charge is 0.478 e. The predicted molar refractivity (Wildman–Crippen MR) is 64.8 cm³/mol. The third-order valence-electron chi connectivity index (χ3n) is 2.66. The molecule has 1 aliphatic rings. The molecule has 0 aromatic rings. The van der Waals surface area contributed by atoms with E-state index in [1.165, 1.54) is 9.80 Å². The maximum absolute atomic E-state index is 11.8. The minimum Gasteiger partial charge on any atom is -0.478 e. The van der Waals surface area contributed by atoms with Crippen LogP contribution in [0.5, 0.6) is 0 Å². The Labute approximate surface area is 106 Å². The van der Waals surface area contributed by atoms with Crippen molar-refractivity contribution in [2.45, 2.75) is 20.3 Å². The quantitative estimate of drug-likeness (QED) is 0.706. The molecule has 0 aromatic heterocycles. The van der Waals surface area contributed by atoms with Crippen molar-refractivity contribution in [3.63, 3.8) is 0 Å². The maximum Gasteiger partial charge on any atom is 0.328 e. The summed E-state index contributed by atoms with van der Waals surface area (Å²) in [6.07, 6.45) is 1.87. The number of carbonyl (C=O) groups is 3. The zero-order valence-corrected chi connectivity index (χ0v) is 10.7. The minimum atomic E-state index is -1.05. The second-order valence-electron chi connectivity index (χ2n) is 4.39. The maximum atomic E-state index is 11.8. The van der Waals surface area contributed by atoms with Gasteiger partial charge in [-0.25, -0.2) is 4.79 Å². The van der Waals surface area contributed by atoms with Crippen LogP contribution in [-0.4, -0.2) is 58.9 Å². The number of nitrogens with zero attached hydrogens (tertiary/aromatic N) is 2. The van der Waals surface area contributed by atoms with Gasteiger partial charge in [-0.3, -0.25) is 9.59 Å². The number of hydrogen-bond donors (Lipinski definition) is 1. The standard InChI is InChI=1S/C12H18N2O4/c1-3-4-13-7-11(16)14(8-10(13)15)6-9(2)5-12(17)18/h5H,3-4,6-8H2,1-2H3,(H,17,18). The molecule has 6 heteroatoms. The van der Waals surface area contributed by atoms with Crippen LogP contribution in [0.2, 0.25) is 0 Å². The van der Waals surface area contributed by atoms with Crippen LogP contribution in [0.3, 0.4) is 0 Å². The smallest absolute Gasteiger partial charge is 0.328 e. The fourth-order valence-electron chi connectivity index (χ4n) is 1.88. The van der Waals surface area contributed by atoms with Crippen LogP contribution in [0.15, 0.2) is 11.6 Å². The molecule has 2 amide bonds. The van der Waals surface area contributed by atoms with E-state index in [1.807, 2.05) is 6.92 Å². The van der Waals surface area contributed by atoms with E-state index in [4.69, 9.17) is 5.11 Å². The summed E-state index contributed by atoms with van der Waals surface area (Å²) in [4.78, 5) is 37.0. The van der Waals surface area contributed by atoms with E-state index < -0.39 is 5.97 Å². The van der Waals surface area contributed by atoms with E-state index in [-0.39, 0.29) is 31.4 Å². The van der Waals surface area contributed by atoms with Crippen LogP contribution in [0, 0.1) is 0 Å². The molecule has 100 valence electrons. The molecule has 1 heterocycles. The molecule has 18 heavy (non-hydrogen) atoms. The molecule has 0 radical (unpaired) electrons. The van der Waals surface area contributed by atoms with Crippen LogP contribution in [0.4, 0.5) is 0 Å². The lowest BCUT2D eigenvalue weighted by atomic mass is 10.2. The highest BCUT2D eigenvalue weighted by Gasteiger charge is 2.29. The Morgan fingerprint density at radius 1 is 1.28 bits per heavy atom. The van der Waals surface area contributed by atoms with E-state index >= 15 is 0 Å². The lowest BCUT2D eigenvalue weighted by Gasteiger charge is -2.33. The summed E-state index contributed by atoms with van der Waals surface area (Å²) >= 11 is 0. The molecule has 1 N–H and O–H groups in total. The first-order valence-corrected chi connectivity index (χ1v) is 5.89. The van der Waals surface area contributed by atoms with Crippen molar-refractivity contribution in [3.8, 4) is 0 Å². The number of carboxylic acid groups (broad SMARTS) is 1. The molecule has 0 unspecified atom stereocenters. The Kier molecular flexibility index (Phi) is 4.88. The van der Waals surface area contributed by atoms with Crippen molar-refractivity contribution in [1.82, 2.24) is 9.80 Å². The van der Waals surface area contributed by atoms with Gasteiger partial charge in [0.05, 0.1) is 6.54 Å². The van der Waals surface area contributed by atoms with Gasteiger partial charge in [-0.1, -0.05) is 6.92 Å². The molecule has 0 aliphatic carbocycles. The van der Waals surface area contributed by atoms with Crippen molar-refractivity contribution in [3.05, 3.63) is 11.6 Å². The van der Waals surface area contributed by atoms with Gasteiger partial charge >= 0.3 is 5.97 Å². The summed E-state index contributed by atoms with van der Waals surface area (Å²) in [5, 5.41) is 8.59. The normalized spacial score (nSPS) is 17.3. The highest BCUT2D eigenvalue weighted by Crippen LogP contribution is 2.08. The Morgan fingerprint density at radius 3 is 2.39 bits per heavy atom. The summed E-state index contributed by atoms with van der Waals surface area (Å²) in [6, 6.07) is 0. The third-order valence-corrected chi connectivity index (χ3v) is 2.66. The van der Waals surface area contributed by atoms with Gasteiger partial charge in [-0.15, -0.1) is 0 Å². The summed E-state index contributed by atoms with van der Waals surface area (Å²) in [7, 11) is 0. The van der Waals surface area contributed by atoms with Crippen LogP contribution < -0.4 is 0 Å². The highest BCUT2D eigenvalue weighted by atomic mass is 16.4. The molecular weight excluding hydrogens is 236 g/mol. The van der Waals surface area contributed by atoms with E-state index in [2.05, 4.69) is 0 Å². The summed E-state index contributed by atoms with van der Waals surface area (Å²) < 4.78 is 0. The van der Waals surface area contributed by atoms with E-state index in [9.17, 15) is 14.4 Å². The van der Waals surface area contributed by atoms with Gasteiger partial charge in [0.25, 0.3) is 0 Å². The zero-order valence-electron chi connectivity index (χ0n) is 10.7. The van der Waals surface area contributed by atoms with E-state index in [0.29, 0.717) is 12.1 Å². The van der Waals surface area contributed by atoms with Gasteiger partial charge in [-0.05, 0) is 18.9 Å². The first-order chi connectivity index (χ1) is 8.43. The van der Waals surface area contributed by atoms with Gasteiger partial charge in [0.2, 0.25) is 11.8 Å². The van der Waals surface area contributed by atoms with Gasteiger partial charge < -0.3 is 14.9 Å². The van der Waals surface area contributed by atoms with Gasteiger partial charge in [-0.2, -0.15) is 0 Å². The first kappa shape index (κ1) is 14.2. The second-order valence-corrected chi connectivity index (χ2v) is 4.39. The lowest BCUT2D eigenvalue weighted by molar-refractivity contribution is -0.149. The second kappa shape index (κ2) is 6.18. The fourth-order valence-corrected chi connectivity index (χ4v) is 1.88. The molecule has 0 aromatic carbocycles. The van der Waals surface area contributed by atoms with Gasteiger partial charge in [0.1, 0.15) is 6.54 Å². The molecule has 1 aliphatic heterocycles. The van der Waals surface area contributed by atoms with Crippen LogP contribution >= 0.6 is 0 Å². The average molecular weight is 254 g/mol. The van der Waals surface area contributed by atoms with Crippen molar-refractivity contribution in [2.24, 2.45) is 0 Å². The van der Waals surface area contributed by atoms with Crippen molar-refractivity contribution >= 4 is 17.8 Å². The molecular formula is C12H18N2O4. The molecule has 1 fully saturated rings. The number of amides is 2. The third kappa shape index (κ3) is 3.87. The molecule has 0 spiro atoms. The monoisotopic (exact) mass is 254 g/mol. The number of carbonyl (C=O) groups excluding carboxylic acids is 2. The number of carboxylic acids is 1. The van der Waals surface area contributed by atoms with Crippen molar-refractivity contribution in [2.75, 3.05) is 26.2 Å². The Balaban J connectivity index is 2.63. The summed E-state index contributed by atoms with van der Waals surface area (Å²) in [6.45, 7) is 4.48. The highest BCUT2D eigenvalue weighted by molar-refractivity contribution is 5.92. The molecule has 0 bridgehead atoms. The SMILES string of the molecule is CCCN1CC(=O)N(CC(C)=CC(=O)O)CC1=O. The molecule has 0 atom stereocenters. The average Bonchev–Trinajstić information content (AvgIpc) is 2.24. The lowest BCUT2D eigenvalue weighted by Crippen LogP contribution is -2.54. The van der Waals surface area contributed by atoms with Crippen LogP contribution in [0.1, 0.15) is 20.3 Å². The summed E-state index contributed by atoms with van der Waals surface area (Å²) in [5.74, 6) is -1.27. The zero-order chi connectivity index (χ0) is 13.7. The van der Waals surface area contributed by atoms with Crippen LogP contribution in [-0.2, 0) is 14.4 Å². The minimum absolute atomic E-state index is 0.0314. The predicted octanol–water partition coefficient (Wildman–Crippen LogP) is 0.0981. The molecule has 0 saturated carbocycles.